The molecule has 0 amide bonds. The van der Waals surface area contributed by atoms with Gasteiger partial charge in [-0.1, -0.05) is 44.0 Å². The lowest BCUT2D eigenvalue weighted by atomic mass is 9.99. The highest BCUT2D eigenvalue weighted by Gasteiger charge is 2.33. The van der Waals surface area contributed by atoms with Crippen LogP contribution in [0.15, 0.2) is 36.4 Å². The van der Waals surface area contributed by atoms with Gasteiger partial charge < -0.3 is 19.2 Å². The van der Waals surface area contributed by atoms with E-state index >= 15 is 0 Å². The Morgan fingerprint density at radius 2 is 1.50 bits per heavy atom. The van der Waals surface area contributed by atoms with E-state index in [0.717, 1.165) is 65.8 Å². The zero-order chi connectivity index (χ0) is 20.8. The number of hydrogen-bond donors (Lipinski definition) is 0. The number of carbonyl (C=O) groups is 1. The van der Waals surface area contributed by atoms with E-state index in [-0.39, 0.29) is 5.92 Å². The van der Waals surface area contributed by atoms with E-state index in [2.05, 4.69) is 11.8 Å². The maximum absolute atomic E-state index is 12.0. The Kier molecular flexibility index (Phi) is 7.06. The number of ether oxygens (including phenoxy) is 2. The van der Waals surface area contributed by atoms with Gasteiger partial charge in [0.25, 0.3) is 0 Å². The Hall–Kier alpha value is -2.33. The van der Waals surface area contributed by atoms with Crippen molar-refractivity contribution in [1.82, 2.24) is 4.90 Å². The summed E-state index contributed by atoms with van der Waals surface area (Å²) >= 11 is 0. The van der Waals surface area contributed by atoms with Crippen LogP contribution < -0.4 is 9.47 Å². The summed E-state index contributed by atoms with van der Waals surface area (Å²) in [6.07, 6.45) is 8.16. The van der Waals surface area contributed by atoms with E-state index < -0.39 is 0 Å². The van der Waals surface area contributed by atoms with Crippen LogP contribution in [0.3, 0.4) is 0 Å². The molecular formula is C26H33NO3. The number of fused-ring (bicyclic) bond motifs is 3. The fourth-order valence-corrected chi connectivity index (χ4v) is 4.68. The molecule has 1 aliphatic heterocycles. The summed E-state index contributed by atoms with van der Waals surface area (Å²) in [4.78, 5) is 14.5. The summed E-state index contributed by atoms with van der Waals surface area (Å²) in [7, 11) is 0. The summed E-state index contributed by atoms with van der Waals surface area (Å²) in [5, 5.41) is 0. The Bertz CT molecular complexity index is 857. The zero-order valence-electron chi connectivity index (χ0n) is 18.1. The van der Waals surface area contributed by atoms with Crippen LogP contribution in [0.4, 0.5) is 0 Å². The molecule has 1 fully saturated rings. The van der Waals surface area contributed by atoms with Gasteiger partial charge in [-0.15, -0.1) is 0 Å². The van der Waals surface area contributed by atoms with Crippen molar-refractivity contribution in [2.24, 2.45) is 0 Å². The van der Waals surface area contributed by atoms with Gasteiger partial charge >= 0.3 is 0 Å². The van der Waals surface area contributed by atoms with Crippen LogP contribution in [0.2, 0.25) is 0 Å². The number of piperidine rings is 1. The fourth-order valence-electron chi connectivity index (χ4n) is 4.68. The molecule has 4 nitrogen and oxygen atoms in total. The van der Waals surface area contributed by atoms with Crippen LogP contribution in [0, 0.1) is 0 Å². The van der Waals surface area contributed by atoms with Gasteiger partial charge in [0.2, 0.25) is 0 Å². The molecule has 0 spiro atoms. The van der Waals surface area contributed by atoms with Crippen LogP contribution in [0.25, 0.3) is 11.1 Å². The molecular weight excluding hydrogens is 374 g/mol. The molecule has 1 saturated heterocycles. The fraction of sp³-hybridized carbons (Fsp3) is 0.500. The minimum Gasteiger partial charge on any atom is -0.493 e. The maximum Gasteiger partial charge on any atom is 0.131 e. The number of likely N-dealkylation sites (tertiary alicyclic amines) is 1. The first-order chi connectivity index (χ1) is 14.8. The molecule has 1 atom stereocenters. The zero-order valence-corrected chi connectivity index (χ0v) is 18.1. The molecule has 0 saturated carbocycles. The van der Waals surface area contributed by atoms with Crippen LogP contribution in [0.5, 0.6) is 11.5 Å². The van der Waals surface area contributed by atoms with E-state index in [1.54, 1.807) is 0 Å². The second-order valence-electron chi connectivity index (χ2n) is 8.36. The van der Waals surface area contributed by atoms with Gasteiger partial charge in [0.05, 0.1) is 19.1 Å². The summed E-state index contributed by atoms with van der Waals surface area (Å²) in [5.41, 5.74) is 4.13. The molecule has 160 valence electrons. The number of hydrogen-bond acceptors (Lipinski definition) is 4. The summed E-state index contributed by atoms with van der Waals surface area (Å²) in [6.45, 7) is 7.06. The summed E-state index contributed by atoms with van der Waals surface area (Å²) in [6, 6.07) is 12.1. The predicted octanol–water partition coefficient (Wildman–Crippen LogP) is 5.43. The molecule has 0 radical (unpaired) electrons. The van der Waals surface area contributed by atoms with Gasteiger partial charge in [0, 0.05) is 17.7 Å². The smallest absolute Gasteiger partial charge is 0.131 e. The average molecular weight is 408 g/mol. The van der Waals surface area contributed by atoms with Crippen molar-refractivity contribution in [1.29, 1.82) is 0 Å². The van der Waals surface area contributed by atoms with Crippen LogP contribution >= 0.6 is 0 Å². The number of benzene rings is 2. The number of nitrogens with zero attached hydrogens (tertiary/aromatic N) is 1. The summed E-state index contributed by atoms with van der Waals surface area (Å²) in [5.74, 6) is 1.47. The second-order valence-corrected chi connectivity index (χ2v) is 8.36. The molecule has 30 heavy (non-hydrogen) atoms. The lowest BCUT2D eigenvalue weighted by Gasteiger charge is -2.26. The third kappa shape index (κ3) is 4.39. The largest absolute Gasteiger partial charge is 0.493 e. The minimum absolute atomic E-state index is 0.248. The average Bonchev–Trinajstić information content (AvgIpc) is 3.12. The van der Waals surface area contributed by atoms with Gasteiger partial charge in [-0.05, 0) is 62.0 Å². The first-order valence-electron chi connectivity index (χ1n) is 11.5. The van der Waals surface area contributed by atoms with Crippen molar-refractivity contribution in [2.45, 2.75) is 51.4 Å². The first-order valence-corrected chi connectivity index (χ1v) is 11.5. The van der Waals surface area contributed by atoms with E-state index in [4.69, 9.17) is 9.47 Å². The number of aldehydes is 1. The molecule has 4 rings (SSSR count). The Balaban J connectivity index is 1.54. The third-order valence-electron chi connectivity index (χ3n) is 6.25. The van der Waals surface area contributed by atoms with Gasteiger partial charge in [-0.25, -0.2) is 0 Å². The normalized spacial score (nSPS) is 18.0. The Morgan fingerprint density at radius 3 is 2.07 bits per heavy atom. The highest BCUT2D eigenvalue weighted by Crippen LogP contribution is 2.52. The van der Waals surface area contributed by atoms with E-state index in [1.165, 1.54) is 32.4 Å². The monoisotopic (exact) mass is 407 g/mol. The molecule has 2 aromatic carbocycles. The molecule has 2 aliphatic rings. The molecule has 0 N–H and O–H groups in total. The highest BCUT2D eigenvalue weighted by atomic mass is 16.5. The number of carbonyl (C=O) groups excluding carboxylic acids is 1. The van der Waals surface area contributed by atoms with Gasteiger partial charge in [-0.3, -0.25) is 0 Å². The lowest BCUT2D eigenvalue weighted by molar-refractivity contribution is -0.108. The van der Waals surface area contributed by atoms with Crippen LogP contribution in [-0.4, -0.2) is 44.0 Å². The molecule has 1 unspecified atom stereocenters. The van der Waals surface area contributed by atoms with Crippen molar-refractivity contribution < 1.29 is 14.3 Å². The van der Waals surface area contributed by atoms with Crippen molar-refractivity contribution in [2.75, 3.05) is 32.8 Å². The lowest BCUT2D eigenvalue weighted by Crippen LogP contribution is -2.31. The van der Waals surface area contributed by atoms with E-state index in [1.807, 2.05) is 36.4 Å². The van der Waals surface area contributed by atoms with E-state index in [9.17, 15) is 4.79 Å². The standard InChI is InChI=1S/C26H33NO3/c1-2-3-17-29-23-12-7-10-20-22(19-28)21-11-8-13-24(26(21)25(20)23)30-18-9-16-27-14-5-4-6-15-27/h7-8,10-13,19,22H,2-6,9,14-18H2,1H3. The Morgan fingerprint density at radius 1 is 0.900 bits per heavy atom. The minimum atomic E-state index is -0.248. The molecule has 4 heteroatoms. The van der Waals surface area contributed by atoms with Crippen molar-refractivity contribution in [3.8, 4) is 22.6 Å². The van der Waals surface area contributed by atoms with Crippen molar-refractivity contribution in [3.05, 3.63) is 47.5 Å². The quantitative estimate of drug-likeness (QED) is 0.389. The van der Waals surface area contributed by atoms with Gasteiger partial charge in [0.15, 0.2) is 0 Å². The van der Waals surface area contributed by atoms with Gasteiger partial charge in [-0.2, -0.15) is 0 Å². The number of unbranched alkanes of at least 4 members (excludes halogenated alkanes) is 1. The third-order valence-corrected chi connectivity index (χ3v) is 6.25. The predicted molar refractivity (Wildman–Crippen MR) is 121 cm³/mol. The van der Waals surface area contributed by atoms with Crippen molar-refractivity contribution in [3.63, 3.8) is 0 Å². The molecule has 1 heterocycles. The number of rotatable bonds is 10. The Labute approximate surface area is 180 Å². The first kappa shape index (κ1) is 20.9. The van der Waals surface area contributed by atoms with E-state index in [0.29, 0.717) is 13.2 Å². The SMILES string of the molecule is CCCCOc1cccc2c1-c1c(OCCCN3CCCCC3)cccc1C2C=O. The molecule has 0 aromatic heterocycles. The molecule has 1 aliphatic carbocycles. The van der Waals surface area contributed by atoms with Crippen LogP contribution in [0.1, 0.15) is 62.5 Å². The van der Waals surface area contributed by atoms with Crippen molar-refractivity contribution >= 4 is 6.29 Å². The maximum atomic E-state index is 12.0. The molecule has 2 aromatic rings. The highest BCUT2D eigenvalue weighted by molar-refractivity contribution is 5.93. The topological polar surface area (TPSA) is 38.8 Å². The van der Waals surface area contributed by atoms with Crippen LogP contribution in [-0.2, 0) is 4.79 Å². The summed E-state index contributed by atoms with van der Waals surface area (Å²) < 4.78 is 12.4. The second kappa shape index (κ2) is 10.1. The molecule has 0 bridgehead atoms. The van der Waals surface area contributed by atoms with Gasteiger partial charge in [0.1, 0.15) is 17.8 Å².